The van der Waals surface area contributed by atoms with Crippen LogP contribution in [0.3, 0.4) is 0 Å². The average molecular weight is 332 g/mol. The molecule has 0 bridgehead atoms. The number of aromatic nitrogens is 1. The molecule has 2 aromatic carbocycles. The predicted octanol–water partition coefficient (Wildman–Crippen LogP) is 3.83. The summed E-state index contributed by atoms with van der Waals surface area (Å²) in [5.41, 5.74) is 2.89. The standard InChI is InChI=1S/C21H18NO3/c1-16-14-19(17-8-4-2-5-9-17)21(20(24)15-23)22(16)12-13-25-18-10-6-3-7-11-18/h2-11,14H,12-13H2,1H3. The van der Waals surface area contributed by atoms with Crippen LogP contribution in [-0.2, 0) is 11.3 Å². The van der Waals surface area contributed by atoms with Crippen LogP contribution in [0.5, 0.6) is 5.75 Å². The van der Waals surface area contributed by atoms with Crippen LogP contribution < -0.4 is 4.74 Å². The third kappa shape index (κ3) is 3.69. The lowest BCUT2D eigenvalue weighted by molar-refractivity contribution is 0.105. The first kappa shape index (κ1) is 16.7. The average Bonchev–Trinajstić information content (AvgIpc) is 2.99. The van der Waals surface area contributed by atoms with Crippen LogP contribution >= 0.6 is 0 Å². The van der Waals surface area contributed by atoms with E-state index in [4.69, 9.17) is 4.74 Å². The molecular weight excluding hydrogens is 314 g/mol. The van der Waals surface area contributed by atoms with Gasteiger partial charge in [-0.2, -0.15) is 0 Å². The Morgan fingerprint density at radius 3 is 2.32 bits per heavy atom. The quantitative estimate of drug-likeness (QED) is 0.488. The second-order valence-corrected chi connectivity index (χ2v) is 5.66. The van der Waals surface area contributed by atoms with Gasteiger partial charge in [0.1, 0.15) is 18.1 Å². The van der Waals surface area contributed by atoms with E-state index in [9.17, 15) is 9.59 Å². The van der Waals surface area contributed by atoms with Crippen molar-refractivity contribution in [1.82, 2.24) is 4.57 Å². The van der Waals surface area contributed by atoms with Crippen molar-refractivity contribution >= 4 is 12.1 Å². The summed E-state index contributed by atoms with van der Waals surface area (Å²) in [7, 11) is 0. The Labute approximate surface area is 146 Å². The Bertz CT molecular complexity index is 867. The van der Waals surface area contributed by atoms with E-state index in [-0.39, 0.29) is 0 Å². The largest absolute Gasteiger partial charge is 0.492 e. The molecule has 0 amide bonds. The monoisotopic (exact) mass is 332 g/mol. The third-order valence-corrected chi connectivity index (χ3v) is 4.02. The first-order valence-electron chi connectivity index (χ1n) is 8.06. The van der Waals surface area contributed by atoms with Crippen LogP contribution in [0.25, 0.3) is 11.1 Å². The normalized spacial score (nSPS) is 10.4. The van der Waals surface area contributed by atoms with Crippen molar-refractivity contribution in [2.45, 2.75) is 13.5 Å². The van der Waals surface area contributed by atoms with E-state index in [1.165, 1.54) is 6.29 Å². The number of Topliss-reactive ketones (excluding diaryl/α,β-unsaturated/α-hetero) is 1. The number of carbonyl (C=O) groups is 1. The van der Waals surface area contributed by atoms with Gasteiger partial charge in [-0.15, -0.1) is 0 Å². The predicted molar refractivity (Wildman–Crippen MR) is 96.6 cm³/mol. The SMILES string of the molecule is Cc1cc(-c2ccccc2)c(C(=O)[C]=O)n1CCOc1ccccc1. The van der Waals surface area contributed by atoms with Gasteiger partial charge in [-0.1, -0.05) is 48.5 Å². The molecule has 1 heterocycles. The lowest BCUT2D eigenvalue weighted by Gasteiger charge is -2.12. The van der Waals surface area contributed by atoms with E-state index in [0.29, 0.717) is 18.8 Å². The minimum Gasteiger partial charge on any atom is -0.492 e. The fourth-order valence-electron chi connectivity index (χ4n) is 2.87. The Morgan fingerprint density at radius 1 is 1.04 bits per heavy atom. The fourth-order valence-corrected chi connectivity index (χ4v) is 2.87. The molecule has 25 heavy (non-hydrogen) atoms. The molecule has 125 valence electrons. The molecule has 0 unspecified atom stereocenters. The minimum absolute atomic E-state index is 0.357. The van der Waals surface area contributed by atoms with E-state index < -0.39 is 5.78 Å². The van der Waals surface area contributed by atoms with E-state index in [2.05, 4.69) is 0 Å². The van der Waals surface area contributed by atoms with Gasteiger partial charge in [0.2, 0.25) is 0 Å². The Morgan fingerprint density at radius 2 is 1.68 bits per heavy atom. The number of aryl methyl sites for hydroxylation is 1. The molecule has 3 aromatic rings. The Hall–Kier alpha value is -3.14. The van der Waals surface area contributed by atoms with E-state index in [0.717, 1.165) is 22.6 Å². The summed E-state index contributed by atoms with van der Waals surface area (Å²) in [6.45, 7) is 2.78. The smallest absolute Gasteiger partial charge is 0.279 e. The molecule has 0 saturated carbocycles. The van der Waals surface area contributed by atoms with Crippen LogP contribution in [-0.4, -0.2) is 23.2 Å². The zero-order valence-corrected chi connectivity index (χ0v) is 13.9. The molecule has 0 fully saturated rings. The molecule has 1 radical (unpaired) electrons. The van der Waals surface area contributed by atoms with Crippen molar-refractivity contribution in [3.8, 4) is 16.9 Å². The van der Waals surface area contributed by atoms with Crippen LogP contribution in [0.1, 0.15) is 16.2 Å². The number of hydrogen-bond acceptors (Lipinski definition) is 3. The molecule has 0 spiro atoms. The molecule has 4 heteroatoms. The Balaban J connectivity index is 1.89. The lowest BCUT2D eigenvalue weighted by Crippen LogP contribution is -2.16. The van der Waals surface area contributed by atoms with Gasteiger partial charge in [0.05, 0.1) is 6.54 Å². The van der Waals surface area contributed by atoms with Crippen LogP contribution in [0, 0.1) is 6.92 Å². The topological polar surface area (TPSA) is 48.3 Å². The first-order valence-corrected chi connectivity index (χ1v) is 8.06. The van der Waals surface area contributed by atoms with Crippen LogP contribution in [0.2, 0.25) is 0 Å². The van der Waals surface area contributed by atoms with E-state index in [1.807, 2.05) is 78.2 Å². The molecule has 4 nitrogen and oxygen atoms in total. The number of ether oxygens (including phenoxy) is 1. The lowest BCUT2D eigenvalue weighted by atomic mass is 10.0. The number of nitrogens with zero attached hydrogens (tertiary/aromatic N) is 1. The van der Waals surface area contributed by atoms with Gasteiger partial charge in [-0.3, -0.25) is 9.59 Å². The van der Waals surface area contributed by atoms with E-state index >= 15 is 0 Å². The van der Waals surface area contributed by atoms with Crippen molar-refractivity contribution in [1.29, 1.82) is 0 Å². The van der Waals surface area contributed by atoms with Crippen molar-refractivity contribution in [2.24, 2.45) is 0 Å². The van der Waals surface area contributed by atoms with Crippen molar-refractivity contribution < 1.29 is 14.3 Å². The summed E-state index contributed by atoms with van der Waals surface area (Å²) >= 11 is 0. The van der Waals surface area contributed by atoms with Crippen molar-refractivity contribution in [3.05, 3.63) is 78.1 Å². The highest BCUT2D eigenvalue weighted by molar-refractivity contribution is 6.34. The third-order valence-electron chi connectivity index (χ3n) is 4.02. The van der Waals surface area contributed by atoms with Crippen LogP contribution in [0.4, 0.5) is 0 Å². The first-order chi connectivity index (χ1) is 12.2. The summed E-state index contributed by atoms with van der Waals surface area (Å²) < 4.78 is 7.54. The maximum atomic E-state index is 12.2. The molecule has 0 aliphatic carbocycles. The molecule has 0 atom stereocenters. The second-order valence-electron chi connectivity index (χ2n) is 5.66. The second kappa shape index (κ2) is 7.62. The zero-order chi connectivity index (χ0) is 17.6. The zero-order valence-electron chi connectivity index (χ0n) is 13.9. The van der Waals surface area contributed by atoms with Gasteiger partial charge < -0.3 is 9.30 Å². The minimum atomic E-state index is -0.647. The molecule has 1 aromatic heterocycles. The number of benzene rings is 2. The number of rotatable bonds is 7. The molecular formula is C21H18NO3. The van der Waals surface area contributed by atoms with E-state index in [1.54, 1.807) is 0 Å². The molecule has 0 aliphatic heterocycles. The highest BCUT2D eigenvalue weighted by Gasteiger charge is 2.20. The number of para-hydroxylation sites is 1. The maximum absolute atomic E-state index is 12.2. The molecule has 0 N–H and O–H groups in total. The molecule has 3 rings (SSSR count). The van der Waals surface area contributed by atoms with Gasteiger partial charge in [-0.25, -0.2) is 0 Å². The fraction of sp³-hybridized carbons (Fsp3) is 0.143. The highest BCUT2D eigenvalue weighted by atomic mass is 16.5. The summed E-state index contributed by atoms with van der Waals surface area (Å²) in [5, 5.41) is 0. The summed E-state index contributed by atoms with van der Waals surface area (Å²) in [6, 6.07) is 21.0. The number of hydrogen-bond donors (Lipinski definition) is 0. The van der Waals surface area contributed by atoms with Gasteiger partial charge in [-0.05, 0) is 30.7 Å². The van der Waals surface area contributed by atoms with Gasteiger partial charge in [0.15, 0.2) is 0 Å². The van der Waals surface area contributed by atoms with Gasteiger partial charge >= 0.3 is 0 Å². The van der Waals surface area contributed by atoms with Crippen LogP contribution in [0.15, 0.2) is 66.7 Å². The number of carbonyl (C=O) groups excluding carboxylic acids is 2. The van der Waals surface area contributed by atoms with Crippen molar-refractivity contribution in [2.75, 3.05) is 6.61 Å². The molecule has 0 saturated heterocycles. The van der Waals surface area contributed by atoms with Gasteiger partial charge in [0, 0.05) is 11.3 Å². The summed E-state index contributed by atoms with van der Waals surface area (Å²) in [6.07, 6.45) is 1.50. The number of ketones is 1. The summed E-state index contributed by atoms with van der Waals surface area (Å²) in [5.74, 6) is 0.122. The van der Waals surface area contributed by atoms with Crippen molar-refractivity contribution in [3.63, 3.8) is 0 Å². The highest BCUT2D eigenvalue weighted by Crippen LogP contribution is 2.27. The molecule has 0 aliphatic rings. The van der Waals surface area contributed by atoms with Gasteiger partial charge in [0.25, 0.3) is 12.1 Å². The Kier molecular flexibility index (Phi) is 5.09. The maximum Gasteiger partial charge on any atom is 0.279 e. The summed E-state index contributed by atoms with van der Waals surface area (Å²) in [4.78, 5) is 23.2.